The molecule has 44 heavy (non-hydrogen) atoms. The number of aliphatic hydroxyl groups is 1. The van der Waals surface area contributed by atoms with Crippen LogP contribution in [0, 0.1) is 0 Å². The monoisotopic (exact) mass is 596 g/mol. The fourth-order valence-corrected chi connectivity index (χ4v) is 5.34. The van der Waals surface area contributed by atoms with Gasteiger partial charge >= 0.3 is 5.97 Å². The Morgan fingerprint density at radius 3 is 2.70 bits per heavy atom. The number of ether oxygens (including phenoxy) is 2. The van der Waals surface area contributed by atoms with Crippen LogP contribution in [0.4, 0.5) is 0 Å². The minimum Gasteiger partial charge on any atom is -0.465 e. The summed E-state index contributed by atoms with van der Waals surface area (Å²) in [7, 11) is 0. The molecule has 1 aliphatic rings. The Labute approximate surface area is 253 Å². The molecule has 6 rings (SSSR count). The van der Waals surface area contributed by atoms with Gasteiger partial charge in [0.1, 0.15) is 6.33 Å². The molecule has 226 valence electrons. The zero-order valence-electron chi connectivity index (χ0n) is 24.2. The van der Waals surface area contributed by atoms with Crippen LogP contribution in [-0.4, -0.2) is 73.4 Å². The molecule has 0 aliphatic carbocycles. The molecule has 3 heterocycles. The molecule has 0 spiro atoms. The Hall–Kier alpha value is -5.30. The molecule has 1 saturated heterocycles. The molecule has 0 bridgehead atoms. The van der Waals surface area contributed by atoms with E-state index in [1.54, 1.807) is 17.1 Å². The molecule has 1 atom stereocenters. The fraction of sp³-hybridized carbons (Fsp3) is 0.290. The molecule has 0 amide bonds. The minimum absolute atomic E-state index is 0.00275. The van der Waals surface area contributed by atoms with E-state index in [1.165, 1.54) is 6.33 Å². The first-order valence-corrected chi connectivity index (χ1v) is 14.4. The van der Waals surface area contributed by atoms with E-state index in [-0.39, 0.29) is 12.6 Å². The van der Waals surface area contributed by atoms with Crippen LogP contribution >= 0.6 is 0 Å². The minimum atomic E-state index is -0.594. The largest absolute Gasteiger partial charge is 0.465 e. The first kappa shape index (κ1) is 28.8. The number of carbonyl (C=O) groups excluding carboxylic acids is 1. The molecule has 2 aromatic heterocycles. The number of hydrogen-bond acceptors (Lipinski definition) is 10. The number of imidazole rings is 1. The molecule has 13 nitrogen and oxygen atoms in total. The third kappa shape index (κ3) is 6.08. The lowest BCUT2D eigenvalue weighted by molar-refractivity contribution is -0.0441. The molecule has 0 radical (unpaired) electrons. The Kier molecular flexibility index (Phi) is 8.73. The van der Waals surface area contributed by atoms with Crippen molar-refractivity contribution in [3.63, 3.8) is 0 Å². The SMILES string of the molecule is CCOc1nc2cccc(C(=O)OCO/N=N/N3CCC[C@H]3CO)c2n1Cc1ccc(-c2ccccc2-c2ncn[nH]2)cc1. The number of benzene rings is 3. The maximum Gasteiger partial charge on any atom is 0.343 e. The predicted octanol–water partition coefficient (Wildman–Crippen LogP) is 4.81. The number of rotatable bonds is 12. The summed E-state index contributed by atoms with van der Waals surface area (Å²) in [6, 6.07) is 21.8. The van der Waals surface area contributed by atoms with Gasteiger partial charge in [-0.15, -0.1) is 0 Å². The van der Waals surface area contributed by atoms with Gasteiger partial charge in [-0.25, -0.2) is 9.78 Å². The molecule has 3 aromatic carbocycles. The normalized spacial score (nSPS) is 14.9. The average Bonchev–Trinajstić information content (AvgIpc) is 3.82. The number of esters is 1. The smallest absolute Gasteiger partial charge is 0.343 e. The van der Waals surface area contributed by atoms with Crippen molar-refractivity contribution in [3.05, 3.63) is 84.2 Å². The van der Waals surface area contributed by atoms with Gasteiger partial charge in [0.25, 0.3) is 12.8 Å². The van der Waals surface area contributed by atoms with Crippen LogP contribution in [0.5, 0.6) is 6.01 Å². The van der Waals surface area contributed by atoms with Crippen LogP contribution in [0.15, 0.2) is 83.6 Å². The number of para-hydroxylation sites is 1. The summed E-state index contributed by atoms with van der Waals surface area (Å²) in [5, 5.41) is 25.6. The summed E-state index contributed by atoms with van der Waals surface area (Å²) in [5.74, 6) is 0.106. The molecule has 1 aliphatic heterocycles. The molecule has 13 heteroatoms. The highest BCUT2D eigenvalue weighted by molar-refractivity contribution is 6.02. The number of carbonyl (C=O) groups is 1. The third-order valence-corrected chi connectivity index (χ3v) is 7.44. The first-order valence-electron chi connectivity index (χ1n) is 14.4. The highest BCUT2D eigenvalue weighted by Crippen LogP contribution is 2.31. The Morgan fingerprint density at radius 1 is 1.09 bits per heavy atom. The second kappa shape index (κ2) is 13.3. The van der Waals surface area contributed by atoms with Crippen molar-refractivity contribution in [1.29, 1.82) is 0 Å². The van der Waals surface area contributed by atoms with E-state index >= 15 is 0 Å². The number of nitrogens with zero attached hydrogens (tertiary/aromatic N) is 7. The predicted molar refractivity (Wildman–Crippen MR) is 160 cm³/mol. The quantitative estimate of drug-likeness (QED) is 0.0680. The lowest BCUT2D eigenvalue weighted by Gasteiger charge is -2.16. The van der Waals surface area contributed by atoms with Gasteiger partial charge in [0.15, 0.2) is 5.82 Å². The zero-order chi connectivity index (χ0) is 30.3. The van der Waals surface area contributed by atoms with Gasteiger partial charge < -0.3 is 19.4 Å². The van der Waals surface area contributed by atoms with E-state index < -0.39 is 12.8 Å². The molecular weight excluding hydrogens is 564 g/mol. The van der Waals surface area contributed by atoms with Crippen LogP contribution in [0.1, 0.15) is 35.7 Å². The summed E-state index contributed by atoms with van der Waals surface area (Å²) < 4.78 is 13.1. The lowest BCUT2D eigenvalue weighted by Crippen LogP contribution is -2.26. The molecule has 1 fully saturated rings. The first-order chi connectivity index (χ1) is 21.7. The third-order valence-electron chi connectivity index (χ3n) is 7.44. The van der Waals surface area contributed by atoms with Crippen molar-refractivity contribution in [2.45, 2.75) is 32.4 Å². The highest BCUT2D eigenvalue weighted by atomic mass is 16.8. The average molecular weight is 597 g/mol. The maximum absolute atomic E-state index is 13.2. The van der Waals surface area contributed by atoms with E-state index in [0.717, 1.165) is 35.1 Å². The number of aromatic nitrogens is 5. The Bertz CT molecular complexity index is 1740. The molecule has 5 aromatic rings. The maximum atomic E-state index is 13.2. The number of aliphatic hydroxyl groups excluding tert-OH is 1. The standard InChI is InChI=1S/C31H32N8O5/c1-2-42-31-34-27-11-5-10-26(30(41)43-20-44-37-36-39-16-6-7-23(39)18-40)28(27)38(31)17-21-12-14-22(15-13-21)24-8-3-4-9-25(24)29-32-19-33-35-29/h3-5,8-15,19,23,40H,2,6-7,16-18,20H2,1H3,(H,32,33,35)/b37-36+/t23-/m0/s1. The summed E-state index contributed by atoms with van der Waals surface area (Å²) in [6.45, 7) is 2.97. The number of nitrogens with one attached hydrogen (secondary N) is 1. The van der Waals surface area contributed by atoms with E-state index in [9.17, 15) is 9.90 Å². The number of hydrogen-bond donors (Lipinski definition) is 2. The second-order valence-corrected chi connectivity index (χ2v) is 10.2. The topological polar surface area (TPSA) is 152 Å². The summed E-state index contributed by atoms with van der Waals surface area (Å²) >= 11 is 0. The van der Waals surface area contributed by atoms with Gasteiger partial charge in [-0.1, -0.05) is 54.6 Å². The molecule has 0 saturated carbocycles. The molecule has 2 N–H and O–H groups in total. The molecule has 0 unspecified atom stereocenters. The van der Waals surface area contributed by atoms with Crippen LogP contribution < -0.4 is 4.74 Å². The van der Waals surface area contributed by atoms with Crippen LogP contribution in [0.3, 0.4) is 0 Å². The molecular formula is C31H32N8O5. The zero-order valence-corrected chi connectivity index (χ0v) is 24.2. The summed E-state index contributed by atoms with van der Waals surface area (Å²) in [4.78, 5) is 27.2. The van der Waals surface area contributed by atoms with Crippen LogP contribution in [0.25, 0.3) is 33.5 Å². The number of fused-ring (bicyclic) bond motifs is 1. The van der Waals surface area contributed by atoms with Gasteiger partial charge in [-0.3, -0.25) is 14.7 Å². The summed E-state index contributed by atoms with van der Waals surface area (Å²) in [6.07, 6.45) is 3.25. The van der Waals surface area contributed by atoms with E-state index in [0.29, 0.717) is 48.1 Å². The lowest BCUT2D eigenvalue weighted by atomic mass is 9.98. The van der Waals surface area contributed by atoms with Crippen molar-refractivity contribution in [2.75, 3.05) is 26.6 Å². The number of H-pyrrole nitrogens is 1. The summed E-state index contributed by atoms with van der Waals surface area (Å²) in [5.41, 5.74) is 5.50. The second-order valence-electron chi connectivity index (χ2n) is 10.2. The van der Waals surface area contributed by atoms with E-state index in [4.69, 9.17) is 14.3 Å². The van der Waals surface area contributed by atoms with Crippen molar-refractivity contribution in [3.8, 4) is 28.5 Å². The highest BCUT2D eigenvalue weighted by Gasteiger charge is 2.23. The van der Waals surface area contributed by atoms with Crippen molar-refractivity contribution in [1.82, 2.24) is 29.7 Å². The van der Waals surface area contributed by atoms with Gasteiger partial charge in [0.2, 0.25) is 0 Å². The Morgan fingerprint density at radius 2 is 1.93 bits per heavy atom. The van der Waals surface area contributed by atoms with Crippen molar-refractivity contribution in [2.24, 2.45) is 10.5 Å². The number of aromatic amines is 1. The van der Waals surface area contributed by atoms with Crippen molar-refractivity contribution >= 4 is 17.0 Å². The van der Waals surface area contributed by atoms with Gasteiger partial charge in [-0.05, 0) is 53.8 Å². The van der Waals surface area contributed by atoms with Crippen molar-refractivity contribution < 1.29 is 24.2 Å². The van der Waals surface area contributed by atoms with Crippen LogP contribution in [-0.2, 0) is 16.1 Å². The van der Waals surface area contributed by atoms with Gasteiger partial charge in [-0.2, -0.15) is 10.1 Å². The van der Waals surface area contributed by atoms with Gasteiger partial charge in [0.05, 0.1) is 42.4 Å². The van der Waals surface area contributed by atoms with E-state index in [2.05, 4.69) is 42.8 Å². The van der Waals surface area contributed by atoms with E-state index in [1.807, 2.05) is 54.0 Å². The fourth-order valence-electron chi connectivity index (χ4n) is 5.34. The van der Waals surface area contributed by atoms with Gasteiger partial charge in [0, 0.05) is 17.4 Å². The Balaban J connectivity index is 1.21. The van der Waals surface area contributed by atoms with Crippen LogP contribution in [0.2, 0.25) is 0 Å².